The largest absolute Gasteiger partial charge is 0.399 e. The second kappa shape index (κ2) is 11.5. The number of likely N-dealkylation sites (tertiary alicyclic amines) is 1. The first-order valence-corrected chi connectivity index (χ1v) is 8.04. The molecular weight excluding hydrogens is 347 g/mol. The van der Waals surface area contributed by atoms with Crippen LogP contribution in [-0.4, -0.2) is 62.0 Å². The van der Waals surface area contributed by atoms with Crippen molar-refractivity contribution in [2.45, 2.75) is 25.3 Å². The number of piperidine rings is 1. The van der Waals surface area contributed by atoms with E-state index in [9.17, 15) is 4.79 Å². The molecule has 1 saturated heterocycles. The third-order valence-electron chi connectivity index (χ3n) is 4.38. The van der Waals surface area contributed by atoms with Crippen molar-refractivity contribution in [1.29, 1.82) is 0 Å². The van der Waals surface area contributed by atoms with Crippen LogP contribution in [0.5, 0.6) is 0 Å². The normalized spacial score (nSPS) is 15.5. The first-order valence-electron chi connectivity index (χ1n) is 8.04. The summed E-state index contributed by atoms with van der Waals surface area (Å²) in [4.78, 5) is 16.7. The zero-order valence-electron chi connectivity index (χ0n) is 14.5. The summed E-state index contributed by atoms with van der Waals surface area (Å²) in [5.41, 5.74) is 7.37. The second-order valence-electron chi connectivity index (χ2n) is 6.30. The Balaban J connectivity index is 0.00000264. The van der Waals surface area contributed by atoms with Gasteiger partial charge in [-0.2, -0.15) is 0 Å². The van der Waals surface area contributed by atoms with E-state index in [0.29, 0.717) is 12.5 Å². The summed E-state index contributed by atoms with van der Waals surface area (Å²) >= 11 is 0. The van der Waals surface area contributed by atoms with Gasteiger partial charge < -0.3 is 20.9 Å². The molecule has 0 bridgehead atoms. The molecule has 1 heterocycles. The number of hydrogen-bond acceptors (Lipinski definition) is 4. The lowest BCUT2D eigenvalue weighted by atomic mass is 10.0. The van der Waals surface area contributed by atoms with Gasteiger partial charge in [-0.1, -0.05) is 12.1 Å². The molecule has 0 unspecified atom stereocenters. The predicted molar refractivity (Wildman–Crippen MR) is 105 cm³/mol. The summed E-state index contributed by atoms with van der Waals surface area (Å²) in [5, 5.41) is 3.00. The van der Waals surface area contributed by atoms with Gasteiger partial charge in [0.15, 0.2) is 0 Å². The fourth-order valence-corrected chi connectivity index (χ4v) is 2.90. The molecule has 5 nitrogen and oxygen atoms in total. The van der Waals surface area contributed by atoms with Crippen LogP contribution in [-0.2, 0) is 11.2 Å². The van der Waals surface area contributed by atoms with Gasteiger partial charge in [-0.25, -0.2) is 0 Å². The number of benzene rings is 1. The zero-order chi connectivity index (χ0) is 15.9. The van der Waals surface area contributed by atoms with Crippen LogP contribution in [0.15, 0.2) is 24.3 Å². The van der Waals surface area contributed by atoms with E-state index in [0.717, 1.165) is 37.4 Å². The number of anilines is 1. The van der Waals surface area contributed by atoms with E-state index < -0.39 is 0 Å². The summed E-state index contributed by atoms with van der Waals surface area (Å²) in [6, 6.07) is 8.17. The Labute approximate surface area is 157 Å². The SMILES string of the molecule is CN(C)C1CCN(CCNC(=O)Cc2ccc(N)cc2)CC1.Cl.Cl. The summed E-state index contributed by atoms with van der Waals surface area (Å²) in [6.07, 6.45) is 2.85. The standard InChI is InChI=1S/C17H28N4O.2ClH/c1-20(2)16-7-10-21(11-8-16)12-9-19-17(22)13-14-3-5-15(18)6-4-14;;/h3-6,16H,7-13,18H2,1-2H3,(H,19,22);2*1H. The number of rotatable bonds is 6. The average Bonchev–Trinajstić information content (AvgIpc) is 2.50. The summed E-state index contributed by atoms with van der Waals surface area (Å²) in [5.74, 6) is 0.0768. The molecule has 7 heteroatoms. The number of halogens is 2. The van der Waals surface area contributed by atoms with E-state index in [1.807, 2.05) is 24.3 Å². The van der Waals surface area contributed by atoms with Crippen LogP contribution in [0, 0.1) is 0 Å². The van der Waals surface area contributed by atoms with Crippen molar-refractivity contribution in [1.82, 2.24) is 15.1 Å². The molecule has 1 aliphatic heterocycles. The van der Waals surface area contributed by atoms with Crippen molar-refractivity contribution in [3.05, 3.63) is 29.8 Å². The van der Waals surface area contributed by atoms with Gasteiger partial charge in [0.2, 0.25) is 5.91 Å². The van der Waals surface area contributed by atoms with Gasteiger partial charge in [-0.3, -0.25) is 4.79 Å². The maximum Gasteiger partial charge on any atom is 0.224 e. The van der Waals surface area contributed by atoms with Gasteiger partial charge in [0.05, 0.1) is 6.42 Å². The van der Waals surface area contributed by atoms with E-state index in [1.165, 1.54) is 12.8 Å². The Kier molecular flexibility index (Phi) is 11.0. The van der Waals surface area contributed by atoms with Gasteiger partial charge in [-0.05, 0) is 57.7 Å². The van der Waals surface area contributed by atoms with Crippen LogP contribution >= 0.6 is 24.8 Å². The molecule has 0 saturated carbocycles. The van der Waals surface area contributed by atoms with Crippen molar-refractivity contribution in [3.8, 4) is 0 Å². The molecular formula is C17H30Cl2N4O. The van der Waals surface area contributed by atoms with E-state index in [-0.39, 0.29) is 30.7 Å². The molecule has 138 valence electrons. The van der Waals surface area contributed by atoms with Crippen LogP contribution < -0.4 is 11.1 Å². The summed E-state index contributed by atoms with van der Waals surface area (Å²) in [6.45, 7) is 3.90. The van der Waals surface area contributed by atoms with Crippen molar-refractivity contribution >= 4 is 36.4 Å². The molecule has 0 aliphatic carbocycles. The molecule has 1 aromatic rings. The highest BCUT2D eigenvalue weighted by Crippen LogP contribution is 2.13. The summed E-state index contributed by atoms with van der Waals surface area (Å²) < 4.78 is 0. The van der Waals surface area contributed by atoms with E-state index in [4.69, 9.17) is 5.73 Å². The number of nitrogens with one attached hydrogen (secondary N) is 1. The zero-order valence-corrected chi connectivity index (χ0v) is 16.2. The lowest BCUT2D eigenvalue weighted by molar-refractivity contribution is -0.120. The van der Waals surface area contributed by atoms with Crippen LogP contribution in [0.2, 0.25) is 0 Å². The molecule has 24 heavy (non-hydrogen) atoms. The number of carbonyl (C=O) groups is 1. The van der Waals surface area contributed by atoms with E-state index in [1.54, 1.807) is 0 Å². The number of carbonyl (C=O) groups excluding carboxylic acids is 1. The molecule has 1 aliphatic rings. The highest BCUT2D eigenvalue weighted by molar-refractivity contribution is 5.85. The van der Waals surface area contributed by atoms with Crippen molar-refractivity contribution in [3.63, 3.8) is 0 Å². The molecule has 1 aromatic carbocycles. The highest BCUT2D eigenvalue weighted by atomic mass is 35.5. The van der Waals surface area contributed by atoms with Crippen LogP contribution in [0.1, 0.15) is 18.4 Å². The van der Waals surface area contributed by atoms with E-state index in [2.05, 4.69) is 29.2 Å². The Hall–Kier alpha value is -1.01. The molecule has 0 spiro atoms. The minimum atomic E-state index is 0. The molecule has 2 rings (SSSR count). The number of nitrogens with zero attached hydrogens (tertiary/aromatic N) is 2. The number of nitrogens with two attached hydrogens (primary N) is 1. The average molecular weight is 377 g/mol. The maximum atomic E-state index is 11.9. The second-order valence-corrected chi connectivity index (χ2v) is 6.30. The fourth-order valence-electron chi connectivity index (χ4n) is 2.90. The minimum Gasteiger partial charge on any atom is -0.399 e. The molecule has 1 amide bonds. The van der Waals surface area contributed by atoms with Crippen molar-refractivity contribution in [2.24, 2.45) is 0 Å². The lowest BCUT2D eigenvalue weighted by Gasteiger charge is -2.35. The fraction of sp³-hybridized carbons (Fsp3) is 0.588. The molecule has 0 radical (unpaired) electrons. The van der Waals surface area contributed by atoms with Crippen molar-refractivity contribution < 1.29 is 4.79 Å². The number of hydrogen-bond donors (Lipinski definition) is 2. The molecule has 0 atom stereocenters. The lowest BCUT2D eigenvalue weighted by Crippen LogP contribution is -2.44. The van der Waals surface area contributed by atoms with Crippen LogP contribution in [0.25, 0.3) is 0 Å². The first kappa shape index (κ1) is 23.0. The van der Waals surface area contributed by atoms with Gasteiger partial charge in [0.25, 0.3) is 0 Å². The number of nitrogen functional groups attached to an aromatic ring is 1. The third-order valence-corrected chi connectivity index (χ3v) is 4.38. The Morgan fingerprint density at radius 2 is 1.79 bits per heavy atom. The van der Waals surface area contributed by atoms with Gasteiger partial charge >= 0.3 is 0 Å². The Morgan fingerprint density at radius 3 is 2.33 bits per heavy atom. The van der Waals surface area contributed by atoms with Gasteiger partial charge in [0.1, 0.15) is 0 Å². The molecule has 0 aromatic heterocycles. The smallest absolute Gasteiger partial charge is 0.224 e. The molecule has 1 fully saturated rings. The first-order chi connectivity index (χ1) is 10.5. The Morgan fingerprint density at radius 1 is 1.21 bits per heavy atom. The predicted octanol–water partition coefficient (Wildman–Crippen LogP) is 1.80. The Bertz CT molecular complexity index is 474. The van der Waals surface area contributed by atoms with Gasteiger partial charge in [-0.15, -0.1) is 24.8 Å². The highest BCUT2D eigenvalue weighted by Gasteiger charge is 2.20. The van der Waals surface area contributed by atoms with Crippen molar-refractivity contribution in [2.75, 3.05) is 46.0 Å². The maximum absolute atomic E-state index is 11.9. The topological polar surface area (TPSA) is 61.6 Å². The molecule has 3 N–H and O–H groups in total. The number of amides is 1. The minimum absolute atomic E-state index is 0. The summed E-state index contributed by atoms with van der Waals surface area (Å²) in [7, 11) is 4.30. The van der Waals surface area contributed by atoms with E-state index >= 15 is 0 Å². The quantitative estimate of drug-likeness (QED) is 0.743. The van der Waals surface area contributed by atoms with Crippen LogP contribution in [0.4, 0.5) is 5.69 Å². The third kappa shape index (κ3) is 7.71. The monoisotopic (exact) mass is 376 g/mol. The van der Waals surface area contributed by atoms with Crippen LogP contribution in [0.3, 0.4) is 0 Å². The van der Waals surface area contributed by atoms with Gasteiger partial charge in [0, 0.05) is 24.8 Å².